The molecule has 0 amide bonds. The summed E-state index contributed by atoms with van der Waals surface area (Å²) in [5.41, 5.74) is 0.877. The number of rotatable bonds is 2. The molecule has 0 unspecified atom stereocenters. The smallest absolute Gasteiger partial charge is 0.178 e. The van der Waals surface area contributed by atoms with E-state index in [1.807, 2.05) is 0 Å². The van der Waals surface area contributed by atoms with E-state index in [0.29, 0.717) is 21.2 Å². The van der Waals surface area contributed by atoms with E-state index in [4.69, 9.17) is 58.0 Å². The first-order valence-electron chi connectivity index (χ1n) is 5.46. The third-order valence-electron chi connectivity index (χ3n) is 2.72. The van der Waals surface area contributed by atoms with Gasteiger partial charge in [0.25, 0.3) is 0 Å². The van der Waals surface area contributed by atoms with Crippen molar-refractivity contribution in [3.05, 3.63) is 49.4 Å². The molecule has 0 heterocycles. The zero-order valence-corrected chi connectivity index (χ0v) is 15.0. The highest BCUT2D eigenvalue weighted by Gasteiger charge is 2.21. The first-order valence-corrected chi connectivity index (χ1v) is 9.24. The van der Waals surface area contributed by atoms with Crippen molar-refractivity contribution >= 4 is 67.8 Å². The molecule has 2 rings (SSSR count). The highest BCUT2D eigenvalue weighted by atomic mass is 35.5. The minimum absolute atomic E-state index is 0.00899. The Morgan fingerprint density at radius 3 is 1.90 bits per heavy atom. The van der Waals surface area contributed by atoms with E-state index >= 15 is 0 Å². The van der Waals surface area contributed by atoms with E-state index in [0.717, 1.165) is 6.26 Å². The largest absolute Gasteiger partial charge is 0.224 e. The van der Waals surface area contributed by atoms with Crippen molar-refractivity contribution in [1.82, 2.24) is 0 Å². The van der Waals surface area contributed by atoms with Gasteiger partial charge in [-0.2, -0.15) is 0 Å². The van der Waals surface area contributed by atoms with Crippen molar-refractivity contribution in [1.29, 1.82) is 0 Å². The predicted molar refractivity (Wildman–Crippen MR) is 90.0 cm³/mol. The van der Waals surface area contributed by atoms with Gasteiger partial charge in [-0.3, -0.25) is 0 Å². The van der Waals surface area contributed by atoms with Gasteiger partial charge in [-0.05, 0) is 18.2 Å². The minimum atomic E-state index is -3.59. The van der Waals surface area contributed by atoms with Crippen LogP contribution in [0.2, 0.25) is 25.1 Å². The van der Waals surface area contributed by atoms with E-state index in [1.165, 1.54) is 18.2 Å². The molecule has 0 saturated heterocycles. The lowest BCUT2D eigenvalue weighted by Gasteiger charge is -2.12. The monoisotopic (exact) mass is 402 g/mol. The lowest BCUT2D eigenvalue weighted by atomic mass is 10.1. The Kier molecular flexibility index (Phi) is 5.04. The van der Waals surface area contributed by atoms with Crippen LogP contribution in [0.15, 0.2) is 29.2 Å². The third kappa shape index (κ3) is 3.44. The Morgan fingerprint density at radius 2 is 1.33 bits per heavy atom. The van der Waals surface area contributed by atoms with Crippen LogP contribution in [0.4, 0.5) is 0 Å². The molecule has 0 bridgehead atoms. The highest BCUT2D eigenvalue weighted by Crippen LogP contribution is 2.42. The van der Waals surface area contributed by atoms with Crippen LogP contribution in [0.1, 0.15) is 0 Å². The Bertz CT molecular complexity index is 831. The average molecular weight is 405 g/mol. The number of halogens is 5. The van der Waals surface area contributed by atoms with Gasteiger partial charge in [-0.15, -0.1) is 0 Å². The van der Waals surface area contributed by atoms with Gasteiger partial charge in [-0.25, -0.2) is 8.42 Å². The summed E-state index contributed by atoms with van der Waals surface area (Å²) in [6.45, 7) is 0. The molecule has 0 atom stereocenters. The van der Waals surface area contributed by atoms with Crippen LogP contribution in [-0.2, 0) is 9.84 Å². The molecule has 8 heteroatoms. The second kappa shape index (κ2) is 6.15. The standard InChI is InChI=1S/C13H7Cl5O2S/c1-21(19,20)13-8(14)3-2-6(12(13)18)7-4-10(16)11(17)5-9(7)15/h2-5H,1H3. The zero-order chi connectivity index (χ0) is 15.9. The van der Waals surface area contributed by atoms with Gasteiger partial charge in [0.1, 0.15) is 4.90 Å². The van der Waals surface area contributed by atoms with E-state index in [9.17, 15) is 8.42 Å². The second-order valence-electron chi connectivity index (χ2n) is 4.26. The summed E-state index contributed by atoms with van der Waals surface area (Å²) in [4.78, 5) is -0.148. The van der Waals surface area contributed by atoms with Gasteiger partial charge in [-0.1, -0.05) is 64.1 Å². The second-order valence-corrected chi connectivity index (χ2v) is 8.22. The topological polar surface area (TPSA) is 34.1 Å². The van der Waals surface area contributed by atoms with Crippen LogP contribution in [0.3, 0.4) is 0 Å². The van der Waals surface area contributed by atoms with Crippen LogP contribution >= 0.6 is 58.0 Å². The molecular weight excluding hydrogens is 397 g/mol. The molecule has 0 N–H and O–H groups in total. The number of hydrogen-bond acceptors (Lipinski definition) is 2. The maximum Gasteiger partial charge on any atom is 0.178 e. The lowest BCUT2D eigenvalue weighted by molar-refractivity contribution is 0.602. The predicted octanol–water partition coefficient (Wildman–Crippen LogP) is 6.02. The van der Waals surface area contributed by atoms with Gasteiger partial charge in [0.05, 0.1) is 25.1 Å². The maximum absolute atomic E-state index is 11.8. The van der Waals surface area contributed by atoms with Gasteiger partial charge in [0.15, 0.2) is 9.84 Å². The molecule has 112 valence electrons. The van der Waals surface area contributed by atoms with E-state index in [1.54, 1.807) is 6.07 Å². The van der Waals surface area contributed by atoms with Crippen LogP contribution in [0, 0.1) is 0 Å². The molecule has 0 spiro atoms. The Labute approximate surface area is 147 Å². The summed E-state index contributed by atoms with van der Waals surface area (Å²) in [6.07, 6.45) is 1.03. The first-order chi connectivity index (χ1) is 9.62. The van der Waals surface area contributed by atoms with Gasteiger partial charge < -0.3 is 0 Å². The average Bonchev–Trinajstić information content (AvgIpc) is 2.33. The molecule has 2 aromatic rings. The Balaban J connectivity index is 2.81. The molecule has 0 fully saturated rings. The lowest BCUT2D eigenvalue weighted by Crippen LogP contribution is -2.00. The fourth-order valence-corrected chi connectivity index (χ4v) is 4.63. The summed E-state index contributed by atoms with van der Waals surface area (Å²) >= 11 is 30.1. The van der Waals surface area contributed by atoms with Crippen molar-refractivity contribution < 1.29 is 8.42 Å². The van der Waals surface area contributed by atoms with Crippen molar-refractivity contribution in [2.75, 3.05) is 6.26 Å². The summed E-state index contributed by atoms with van der Waals surface area (Å²) < 4.78 is 23.6. The fourth-order valence-electron chi connectivity index (χ4n) is 1.81. The molecule has 0 saturated carbocycles. The minimum Gasteiger partial charge on any atom is -0.224 e. The third-order valence-corrected chi connectivity index (χ3v) is 5.85. The zero-order valence-electron chi connectivity index (χ0n) is 10.4. The molecule has 0 aliphatic carbocycles. The molecule has 0 radical (unpaired) electrons. The van der Waals surface area contributed by atoms with Crippen molar-refractivity contribution in [3.63, 3.8) is 0 Å². The molecule has 0 aromatic heterocycles. The molecule has 0 aliphatic heterocycles. The summed E-state index contributed by atoms with van der Waals surface area (Å²) in [5, 5.41) is 0.905. The summed E-state index contributed by atoms with van der Waals surface area (Å²) in [7, 11) is -3.59. The van der Waals surface area contributed by atoms with Crippen LogP contribution in [0.25, 0.3) is 11.1 Å². The van der Waals surface area contributed by atoms with Gasteiger partial charge in [0.2, 0.25) is 0 Å². The van der Waals surface area contributed by atoms with Crippen LogP contribution in [0.5, 0.6) is 0 Å². The summed E-state index contributed by atoms with van der Waals surface area (Å²) in [5.74, 6) is 0. The van der Waals surface area contributed by atoms with E-state index in [2.05, 4.69) is 0 Å². The SMILES string of the molecule is CS(=O)(=O)c1c(Cl)ccc(-c2cc(Cl)c(Cl)cc2Cl)c1Cl. The van der Waals surface area contributed by atoms with Gasteiger partial charge >= 0.3 is 0 Å². The van der Waals surface area contributed by atoms with Crippen LogP contribution < -0.4 is 0 Å². The summed E-state index contributed by atoms with van der Waals surface area (Å²) in [6, 6.07) is 6.00. The number of hydrogen-bond donors (Lipinski definition) is 0. The maximum atomic E-state index is 11.8. The Hall–Kier alpha value is -0.160. The molecular formula is C13H7Cl5O2S. The Morgan fingerprint density at radius 1 is 0.762 bits per heavy atom. The van der Waals surface area contributed by atoms with Crippen molar-refractivity contribution in [2.24, 2.45) is 0 Å². The van der Waals surface area contributed by atoms with E-state index in [-0.39, 0.29) is 20.0 Å². The van der Waals surface area contributed by atoms with Gasteiger partial charge in [0, 0.05) is 17.4 Å². The van der Waals surface area contributed by atoms with Crippen molar-refractivity contribution in [3.8, 4) is 11.1 Å². The van der Waals surface area contributed by atoms with E-state index < -0.39 is 9.84 Å². The quantitative estimate of drug-likeness (QED) is 0.573. The molecule has 2 aromatic carbocycles. The fraction of sp³-hybridized carbons (Fsp3) is 0.0769. The number of benzene rings is 2. The van der Waals surface area contributed by atoms with Crippen molar-refractivity contribution in [2.45, 2.75) is 4.90 Å². The normalized spacial score (nSPS) is 11.7. The number of sulfone groups is 1. The highest BCUT2D eigenvalue weighted by molar-refractivity contribution is 7.91. The first kappa shape index (κ1) is 17.2. The van der Waals surface area contributed by atoms with Crippen LogP contribution in [-0.4, -0.2) is 14.7 Å². The molecule has 0 aliphatic rings. The molecule has 2 nitrogen and oxygen atoms in total. The molecule has 21 heavy (non-hydrogen) atoms.